The van der Waals surface area contributed by atoms with Crippen molar-refractivity contribution >= 4 is 0 Å². The third kappa shape index (κ3) is 3.36. The average Bonchev–Trinajstić information content (AvgIpc) is 2.83. The number of nitrogens with two attached hydrogens (primary N) is 1. The number of aromatic hydroxyl groups is 1. The third-order valence-corrected chi connectivity index (χ3v) is 3.20. The molecule has 0 amide bonds. The van der Waals surface area contributed by atoms with E-state index >= 15 is 0 Å². The molecule has 2 rings (SSSR count). The first kappa shape index (κ1) is 13.6. The summed E-state index contributed by atoms with van der Waals surface area (Å²) in [4.78, 5) is 2.14. The molecular formula is C15H21N3O. The molecule has 1 unspecified atom stereocenters. The van der Waals surface area contributed by atoms with Gasteiger partial charge in [0.15, 0.2) is 0 Å². The Hall–Kier alpha value is -1.78. The molecule has 0 saturated heterocycles. The number of hydrogen-bond acceptors (Lipinski definition) is 3. The van der Waals surface area contributed by atoms with E-state index < -0.39 is 0 Å². The number of aromatic nitrogens is 1. The van der Waals surface area contributed by atoms with Crippen LogP contribution in [0.25, 0.3) is 0 Å². The molecule has 0 aliphatic heterocycles. The molecule has 1 heterocycles. The van der Waals surface area contributed by atoms with E-state index in [-0.39, 0.29) is 11.8 Å². The van der Waals surface area contributed by atoms with E-state index in [9.17, 15) is 5.11 Å². The van der Waals surface area contributed by atoms with Gasteiger partial charge in [-0.1, -0.05) is 12.1 Å². The van der Waals surface area contributed by atoms with Gasteiger partial charge in [0, 0.05) is 25.0 Å². The van der Waals surface area contributed by atoms with Crippen molar-refractivity contribution in [3.05, 3.63) is 53.9 Å². The predicted molar refractivity (Wildman–Crippen MR) is 77.1 cm³/mol. The zero-order valence-corrected chi connectivity index (χ0v) is 11.5. The van der Waals surface area contributed by atoms with Crippen molar-refractivity contribution in [3.63, 3.8) is 0 Å². The Labute approximate surface area is 114 Å². The lowest BCUT2D eigenvalue weighted by molar-refractivity contribution is 0.380. The van der Waals surface area contributed by atoms with E-state index in [1.165, 1.54) is 0 Å². The summed E-state index contributed by atoms with van der Waals surface area (Å²) in [5.41, 5.74) is 8.27. The second kappa shape index (κ2) is 5.91. The van der Waals surface area contributed by atoms with Gasteiger partial charge in [0.2, 0.25) is 0 Å². The van der Waals surface area contributed by atoms with Gasteiger partial charge >= 0.3 is 0 Å². The Morgan fingerprint density at radius 1 is 1.26 bits per heavy atom. The molecule has 4 heteroatoms. The van der Waals surface area contributed by atoms with Crippen molar-refractivity contribution < 1.29 is 5.11 Å². The molecule has 2 aromatic rings. The maximum atomic E-state index is 9.54. The van der Waals surface area contributed by atoms with Gasteiger partial charge in [-0.15, -0.1) is 0 Å². The lowest BCUT2D eigenvalue weighted by atomic mass is 10.0. The molecule has 0 radical (unpaired) electrons. The minimum atomic E-state index is -0.218. The third-order valence-electron chi connectivity index (χ3n) is 3.20. The van der Waals surface area contributed by atoms with Gasteiger partial charge in [-0.2, -0.15) is 0 Å². The topological polar surface area (TPSA) is 54.4 Å². The van der Waals surface area contributed by atoms with Gasteiger partial charge in [-0.3, -0.25) is 0 Å². The number of phenolic OH excluding ortho intramolecular Hbond substituents is 1. The lowest BCUT2D eigenvalue weighted by Gasteiger charge is -2.18. The largest absolute Gasteiger partial charge is 0.508 e. The van der Waals surface area contributed by atoms with Crippen molar-refractivity contribution in [3.8, 4) is 5.75 Å². The van der Waals surface area contributed by atoms with E-state index in [1.54, 1.807) is 12.1 Å². The van der Waals surface area contributed by atoms with Crippen molar-refractivity contribution in [2.24, 2.45) is 5.73 Å². The van der Waals surface area contributed by atoms with Crippen molar-refractivity contribution in [1.82, 2.24) is 9.47 Å². The molecule has 0 fully saturated rings. The van der Waals surface area contributed by atoms with E-state index in [2.05, 4.69) is 23.6 Å². The van der Waals surface area contributed by atoms with Gasteiger partial charge in [-0.05, 0) is 43.9 Å². The molecule has 1 aromatic heterocycles. The quantitative estimate of drug-likeness (QED) is 0.861. The Balaban J connectivity index is 2.19. The van der Waals surface area contributed by atoms with E-state index in [0.717, 1.165) is 24.3 Å². The highest BCUT2D eigenvalue weighted by molar-refractivity contribution is 5.34. The van der Waals surface area contributed by atoms with E-state index in [1.807, 2.05) is 30.5 Å². The highest BCUT2D eigenvalue weighted by atomic mass is 16.3. The van der Waals surface area contributed by atoms with Crippen LogP contribution in [0, 0.1) is 0 Å². The summed E-state index contributed by atoms with van der Waals surface area (Å²) >= 11 is 0. The van der Waals surface area contributed by atoms with Crippen LogP contribution in [0.15, 0.2) is 42.6 Å². The molecular weight excluding hydrogens is 238 g/mol. The Morgan fingerprint density at radius 3 is 2.74 bits per heavy atom. The van der Waals surface area contributed by atoms with E-state index in [4.69, 9.17) is 5.73 Å². The summed E-state index contributed by atoms with van der Waals surface area (Å²) in [5, 5.41) is 9.54. The maximum absolute atomic E-state index is 9.54. The number of rotatable bonds is 5. The fraction of sp³-hybridized carbons (Fsp3) is 0.333. The van der Waals surface area contributed by atoms with Crippen LogP contribution in [0.1, 0.15) is 17.3 Å². The Kier molecular flexibility index (Phi) is 4.24. The van der Waals surface area contributed by atoms with Crippen LogP contribution in [0.4, 0.5) is 0 Å². The Morgan fingerprint density at radius 2 is 2.05 bits per heavy atom. The number of likely N-dealkylation sites (N-methyl/N-ethyl adjacent to an activating group) is 1. The summed E-state index contributed by atoms with van der Waals surface area (Å²) < 4.78 is 2.16. The van der Waals surface area contributed by atoms with Crippen molar-refractivity contribution in [2.45, 2.75) is 12.6 Å². The van der Waals surface area contributed by atoms with E-state index in [0.29, 0.717) is 0 Å². The minimum Gasteiger partial charge on any atom is -0.508 e. The molecule has 0 spiro atoms. The first-order valence-electron chi connectivity index (χ1n) is 6.42. The van der Waals surface area contributed by atoms with Crippen LogP contribution in [0.3, 0.4) is 0 Å². The van der Waals surface area contributed by atoms with Gasteiger partial charge in [0.25, 0.3) is 0 Å². The summed E-state index contributed by atoms with van der Waals surface area (Å²) in [7, 11) is 4.11. The molecule has 3 N–H and O–H groups in total. The maximum Gasteiger partial charge on any atom is 0.115 e. The average molecular weight is 259 g/mol. The summed E-state index contributed by atoms with van der Waals surface area (Å²) in [6.07, 6.45) is 2.04. The smallest absolute Gasteiger partial charge is 0.115 e. The highest BCUT2D eigenvalue weighted by Crippen LogP contribution is 2.23. The second-order valence-electron chi connectivity index (χ2n) is 5.00. The molecule has 19 heavy (non-hydrogen) atoms. The zero-order chi connectivity index (χ0) is 13.8. The molecule has 102 valence electrons. The molecule has 0 aliphatic carbocycles. The fourth-order valence-corrected chi connectivity index (χ4v) is 2.11. The summed E-state index contributed by atoms with van der Waals surface area (Å²) in [6.45, 7) is 1.87. The predicted octanol–water partition coefficient (Wildman–Crippen LogP) is 1.80. The van der Waals surface area contributed by atoms with Crippen LogP contribution in [-0.4, -0.2) is 35.2 Å². The Bertz CT molecular complexity index is 534. The summed E-state index contributed by atoms with van der Waals surface area (Å²) in [5.74, 6) is 0.249. The fourth-order valence-electron chi connectivity index (χ4n) is 2.11. The normalized spacial score (nSPS) is 12.8. The first-order valence-corrected chi connectivity index (χ1v) is 6.42. The van der Waals surface area contributed by atoms with Crippen LogP contribution in [-0.2, 0) is 6.54 Å². The highest BCUT2D eigenvalue weighted by Gasteiger charge is 2.13. The van der Waals surface area contributed by atoms with Crippen molar-refractivity contribution in [1.29, 1.82) is 0 Å². The van der Waals surface area contributed by atoms with Gasteiger partial charge in [0.05, 0.1) is 6.04 Å². The SMILES string of the molecule is CN(C)CCn1cccc1C(N)c1cccc(O)c1. The summed E-state index contributed by atoms with van der Waals surface area (Å²) in [6, 6.07) is 10.9. The van der Waals surface area contributed by atoms with Crippen molar-refractivity contribution in [2.75, 3.05) is 20.6 Å². The molecule has 0 saturated carbocycles. The minimum absolute atomic E-state index is 0.218. The number of hydrogen-bond donors (Lipinski definition) is 2. The van der Waals surface area contributed by atoms with Crippen LogP contribution < -0.4 is 5.73 Å². The standard InChI is InChI=1S/C15H21N3O/c1-17(2)9-10-18-8-4-7-14(18)15(16)12-5-3-6-13(19)11-12/h3-8,11,15,19H,9-10,16H2,1-2H3. The van der Waals surface area contributed by atoms with Gasteiger partial charge in [0.1, 0.15) is 5.75 Å². The van der Waals surface area contributed by atoms with Crippen LogP contribution >= 0.6 is 0 Å². The molecule has 1 aromatic carbocycles. The molecule has 0 aliphatic rings. The number of benzene rings is 1. The van der Waals surface area contributed by atoms with Crippen LogP contribution in [0.2, 0.25) is 0 Å². The lowest BCUT2D eigenvalue weighted by Crippen LogP contribution is -2.22. The second-order valence-corrected chi connectivity index (χ2v) is 5.00. The van der Waals surface area contributed by atoms with Crippen LogP contribution in [0.5, 0.6) is 5.75 Å². The number of phenols is 1. The first-order chi connectivity index (χ1) is 9.08. The zero-order valence-electron chi connectivity index (χ0n) is 11.5. The van der Waals surface area contributed by atoms with Gasteiger partial charge < -0.3 is 20.3 Å². The number of nitrogens with zero attached hydrogens (tertiary/aromatic N) is 2. The van der Waals surface area contributed by atoms with Gasteiger partial charge in [-0.25, -0.2) is 0 Å². The molecule has 1 atom stereocenters. The monoisotopic (exact) mass is 259 g/mol. The molecule has 0 bridgehead atoms. The molecule has 4 nitrogen and oxygen atoms in total.